The Kier molecular flexibility index (Phi) is 4.10. The number of fused-ring (bicyclic) bond motifs is 2. The number of amides is 1. The molecule has 2 N–H and O–H groups in total. The Bertz CT molecular complexity index is 658. The van der Waals surface area contributed by atoms with Crippen LogP contribution in [-0.2, 0) is 0 Å². The van der Waals surface area contributed by atoms with Gasteiger partial charge in [0.2, 0.25) is 0 Å². The zero-order valence-electron chi connectivity index (χ0n) is 12.9. The zero-order valence-corrected chi connectivity index (χ0v) is 13.7. The van der Waals surface area contributed by atoms with Crippen LogP contribution in [0.4, 0.5) is 0 Å². The molecule has 4 rings (SSSR count). The molecule has 2 fully saturated rings. The quantitative estimate of drug-likeness (QED) is 0.905. The normalized spacial score (nSPS) is 26.2. The molecule has 0 aliphatic carbocycles. The fourth-order valence-corrected chi connectivity index (χ4v) is 4.28. The molecule has 0 radical (unpaired) electrons. The van der Waals surface area contributed by atoms with Crippen LogP contribution in [0.2, 0.25) is 0 Å². The van der Waals surface area contributed by atoms with Crippen molar-refractivity contribution in [3.8, 4) is 0 Å². The summed E-state index contributed by atoms with van der Waals surface area (Å²) < 4.78 is 0. The van der Waals surface area contributed by atoms with Crippen LogP contribution in [0.1, 0.15) is 23.2 Å². The van der Waals surface area contributed by atoms with E-state index in [1.165, 1.54) is 19.5 Å². The number of hydrogen-bond acceptors (Lipinski definition) is 4. The number of nitrogens with one attached hydrogen (secondary N) is 2. The number of nitrogens with zero attached hydrogens (tertiary/aromatic N) is 2. The summed E-state index contributed by atoms with van der Waals surface area (Å²) in [4.78, 5) is 23.0. The van der Waals surface area contributed by atoms with Gasteiger partial charge in [-0.25, -0.2) is 4.98 Å². The lowest BCUT2D eigenvalue weighted by atomic mass is 9.96. The van der Waals surface area contributed by atoms with Crippen LogP contribution < -0.4 is 5.32 Å². The third kappa shape index (κ3) is 3.43. The first-order valence-electron chi connectivity index (χ1n) is 8.06. The van der Waals surface area contributed by atoms with Crippen molar-refractivity contribution in [3.63, 3.8) is 0 Å². The smallest absolute Gasteiger partial charge is 0.251 e. The van der Waals surface area contributed by atoms with Gasteiger partial charge in [0.05, 0.1) is 17.6 Å². The largest absolute Gasteiger partial charge is 0.348 e. The first-order chi connectivity index (χ1) is 11.3. The fraction of sp³-hybridized carbons (Fsp3) is 0.412. The van der Waals surface area contributed by atoms with Gasteiger partial charge in [-0.05, 0) is 49.6 Å². The molecule has 3 heterocycles. The van der Waals surface area contributed by atoms with E-state index < -0.39 is 0 Å². The Hall–Kier alpha value is -1.79. The third-order valence-electron chi connectivity index (χ3n) is 4.62. The van der Waals surface area contributed by atoms with Crippen molar-refractivity contribution < 1.29 is 4.79 Å². The minimum atomic E-state index is 0.0376. The van der Waals surface area contributed by atoms with Crippen LogP contribution in [0.15, 0.2) is 46.7 Å². The lowest BCUT2D eigenvalue weighted by Gasteiger charge is -2.30. The van der Waals surface area contributed by atoms with E-state index in [9.17, 15) is 4.79 Å². The van der Waals surface area contributed by atoms with Gasteiger partial charge in [0.1, 0.15) is 0 Å². The maximum Gasteiger partial charge on any atom is 0.251 e. The highest BCUT2D eigenvalue weighted by Gasteiger charge is 2.32. The molecule has 0 saturated carbocycles. The molecule has 23 heavy (non-hydrogen) atoms. The van der Waals surface area contributed by atoms with Crippen LogP contribution >= 0.6 is 11.8 Å². The summed E-state index contributed by atoms with van der Waals surface area (Å²) in [7, 11) is 0. The lowest BCUT2D eigenvalue weighted by Crippen LogP contribution is -2.47. The SMILES string of the molecule is O=C(N[C@@H]1C[C@@H]2CCN(C2)C1)c1ccc(Sc2cnc[nH]2)cc1. The van der Waals surface area contributed by atoms with Gasteiger partial charge in [-0.3, -0.25) is 4.79 Å². The van der Waals surface area contributed by atoms with E-state index in [0.717, 1.165) is 34.4 Å². The van der Waals surface area contributed by atoms with Crippen molar-refractivity contribution in [2.45, 2.75) is 28.8 Å². The summed E-state index contributed by atoms with van der Waals surface area (Å²) in [5.74, 6) is 0.804. The second-order valence-corrected chi connectivity index (χ2v) is 7.48. The van der Waals surface area contributed by atoms with Gasteiger partial charge in [0, 0.05) is 29.6 Å². The highest BCUT2D eigenvalue weighted by atomic mass is 32.2. The van der Waals surface area contributed by atoms with Crippen LogP contribution in [0.25, 0.3) is 0 Å². The fourth-order valence-electron chi connectivity index (χ4n) is 3.53. The summed E-state index contributed by atoms with van der Waals surface area (Å²) >= 11 is 1.60. The van der Waals surface area contributed by atoms with E-state index in [2.05, 4.69) is 20.2 Å². The maximum atomic E-state index is 12.4. The average Bonchev–Trinajstić information content (AvgIpc) is 3.18. The van der Waals surface area contributed by atoms with E-state index in [4.69, 9.17) is 0 Å². The van der Waals surface area contributed by atoms with Gasteiger partial charge >= 0.3 is 0 Å². The average molecular weight is 328 g/mol. The molecule has 120 valence electrons. The van der Waals surface area contributed by atoms with Crippen LogP contribution in [0, 0.1) is 5.92 Å². The predicted molar refractivity (Wildman–Crippen MR) is 89.6 cm³/mol. The molecule has 6 heteroatoms. The number of hydrogen-bond donors (Lipinski definition) is 2. The van der Waals surface area contributed by atoms with Crippen molar-refractivity contribution in [2.75, 3.05) is 19.6 Å². The standard InChI is InChI=1S/C17H20N4OS/c22-17(20-14-7-12-5-6-21(9-12)10-14)13-1-3-15(4-2-13)23-16-8-18-11-19-16/h1-4,8,11-12,14H,5-7,9-10H2,(H,18,19)(H,20,22)/t12-,14+/m0/s1. The second kappa shape index (κ2) is 6.37. The molecule has 0 spiro atoms. The van der Waals surface area contributed by atoms with Crippen LogP contribution in [0.5, 0.6) is 0 Å². The number of piperidine rings is 1. The Balaban J connectivity index is 1.36. The molecule has 2 saturated heterocycles. The summed E-state index contributed by atoms with van der Waals surface area (Å²) in [6.45, 7) is 3.40. The number of imidazole rings is 1. The molecule has 3 atom stereocenters. The van der Waals surface area contributed by atoms with Crippen molar-refractivity contribution in [1.82, 2.24) is 20.2 Å². The molecule has 2 aromatic rings. The molecule has 2 aliphatic heterocycles. The predicted octanol–water partition coefficient (Wildman–Crippen LogP) is 2.38. The Labute approximate surface area is 139 Å². The number of aromatic nitrogens is 2. The van der Waals surface area contributed by atoms with E-state index >= 15 is 0 Å². The van der Waals surface area contributed by atoms with E-state index in [-0.39, 0.29) is 5.91 Å². The Morgan fingerprint density at radius 3 is 2.91 bits per heavy atom. The summed E-state index contributed by atoms with van der Waals surface area (Å²) in [6, 6.07) is 8.04. The number of carbonyl (C=O) groups is 1. The highest BCUT2D eigenvalue weighted by Crippen LogP contribution is 2.27. The molecule has 2 bridgehead atoms. The lowest BCUT2D eigenvalue weighted by molar-refractivity contribution is 0.0909. The van der Waals surface area contributed by atoms with Gasteiger partial charge in [0.15, 0.2) is 0 Å². The number of carbonyl (C=O) groups excluding carboxylic acids is 1. The van der Waals surface area contributed by atoms with Gasteiger partial charge < -0.3 is 15.2 Å². The topological polar surface area (TPSA) is 61.0 Å². The number of H-pyrrole nitrogens is 1. The number of rotatable bonds is 4. The Morgan fingerprint density at radius 2 is 2.17 bits per heavy atom. The first kappa shape index (κ1) is 14.8. The first-order valence-corrected chi connectivity index (χ1v) is 8.87. The molecule has 1 aromatic heterocycles. The highest BCUT2D eigenvalue weighted by molar-refractivity contribution is 7.99. The van der Waals surface area contributed by atoms with Crippen molar-refractivity contribution in [2.24, 2.45) is 5.92 Å². The second-order valence-electron chi connectivity index (χ2n) is 6.36. The Morgan fingerprint density at radius 1 is 1.30 bits per heavy atom. The van der Waals surface area contributed by atoms with Gasteiger partial charge in [0.25, 0.3) is 5.91 Å². The number of aromatic amines is 1. The molecular weight excluding hydrogens is 308 g/mol. The van der Waals surface area contributed by atoms with Crippen LogP contribution in [-0.4, -0.2) is 46.5 Å². The summed E-state index contributed by atoms with van der Waals surface area (Å²) in [6.07, 6.45) is 5.86. The van der Waals surface area contributed by atoms with Crippen molar-refractivity contribution in [3.05, 3.63) is 42.4 Å². The third-order valence-corrected chi connectivity index (χ3v) is 5.57. The monoisotopic (exact) mass is 328 g/mol. The van der Waals surface area contributed by atoms with E-state index in [0.29, 0.717) is 6.04 Å². The molecule has 5 nitrogen and oxygen atoms in total. The zero-order chi connectivity index (χ0) is 15.6. The molecule has 1 aromatic carbocycles. The van der Waals surface area contributed by atoms with Gasteiger partial charge in [-0.15, -0.1) is 0 Å². The summed E-state index contributed by atoms with van der Waals surface area (Å²) in [5, 5.41) is 4.19. The van der Waals surface area contributed by atoms with E-state index in [1.54, 1.807) is 24.3 Å². The van der Waals surface area contributed by atoms with Gasteiger partial charge in [-0.1, -0.05) is 11.8 Å². The van der Waals surface area contributed by atoms with Crippen molar-refractivity contribution in [1.29, 1.82) is 0 Å². The molecule has 2 aliphatic rings. The molecule has 1 amide bonds. The maximum absolute atomic E-state index is 12.4. The van der Waals surface area contributed by atoms with Crippen LogP contribution in [0.3, 0.4) is 0 Å². The van der Waals surface area contributed by atoms with Crippen molar-refractivity contribution >= 4 is 17.7 Å². The van der Waals surface area contributed by atoms with Gasteiger partial charge in [-0.2, -0.15) is 0 Å². The minimum Gasteiger partial charge on any atom is -0.348 e. The van der Waals surface area contributed by atoms with E-state index in [1.807, 2.05) is 24.3 Å². The number of benzene rings is 1. The summed E-state index contributed by atoms with van der Waals surface area (Å²) in [5.41, 5.74) is 0.729. The molecule has 1 unspecified atom stereocenters. The minimum absolute atomic E-state index is 0.0376. The molecular formula is C17H20N4OS.